The Morgan fingerprint density at radius 2 is 2.00 bits per heavy atom. The second kappa shape index (κ2) is 5.09. The van der Waals surface area contributed by atoms with Crippen LogP contribution >= 0.6 is 0 Å². The predicted molar refractivity (Wildman–Crippen MR) is 56.2 cm³/mol. The van der Waals surface area contributed by atoms with Gasteiger partial charge in [0, 0.05) is 6.42 Å². The molecule has 0 amide bonds. The van der Waals surface area contributed by atoms with Crippen LogP contribution in [0, 0.1) is 5.92 Å². The van der Waals surface area contributed by atoms with E-state index in [1.54, 1.807) is 0 Å². The van der Waals surface area contributed by atoms with Gasteiger partial charge in [0.2, 0.25) is 5.89 Å². The number of carboxylic acids is 1. The summed E-state index contributed by atoms with van der Waals surface area (Å²) in [5.41, 5.74) is 0. The van der Waals surface area contributed by atoms with Crippen molar-refractivity contribution in [2.75, 3.05) is 0 Å². The van der Waals surface area contributed by atoms with Crippen LogP contribution in [0.4, 0.5) is 0 Å². The van der Waals surface area contributed by atoms with E-state index in [0.717, 1.165) is 6.42 Å². The van der Waals surface area contributed by atoms with Crippen LogP contribution < -0.4 is 0 Å². The Morgan fingerprint density at radius 1 is 1.31 bits per heavy atom. The minimum atomic E-state index is -1.13. The lowest BCUT2D eigenvalue weighted by molar-refractivity contribution is 0.0680. The third-order valence-corrected chi connectivity index (χ3v) is 3.10. The molecular formula is C11H16N2O3. The average molecular weight is 224 g/mol. The fraction of sp³-hybridized carbons (Fsp3) is 0.727. The predicted octanol–water partition coefficient (Wildman–Crippen LogP) is 2.28. The summed E-state index contributed by atoms with van der Waals surface area (Å²) in [5, 5.41) is 12.1. The van der Waals surface area contributed by atoms with E-state index in [1.807, 2.05) is 0 Å². The second-order valence-electron chi connectivity index (χ2n) is 4.38. The van der Waals surface area contributed by atoms with E-state index in [1.165, 1.54) is 38.5 Å². The van der Waals surface area contributed by atoms with Gasteiger partial charge in [0.25, 0.3) is 5.82 Å². The summed E-state index contributed by atoms with van der Waals surface area (Å²) in [7, 11) is 0. The highest BCUT2D eigenvalue weighted by atomic mass is 16.5. The lowest BCUT2D eigenvalue weighted by Crippen LogP contribution is -2.04. The van der Waals surface area contributed by atoms with Crippen LogP contribution in [-0.2, 0) is 6.42 Å². The van der Waals surface area contributed by atoms with Gasteiger partial charge in [0.15, 0.2) is 0 Å². The first-order chi connectivity index (χ1) is 7.75. The van der Waals surface area contributed by atoms with Crippen LogP contribution in [0.25, 0.3) is 0 Å². The number of hydrogen-bond donors (Lipinski definition) is 1. The maximum atomic E-state index is 10.6. The highest BCUT2D eigenvalue weighted by molar-refractivity contribution is 5.82. The number of hydrogen-bond acceptors (Lipinski definition) is 4. The Morgan fingerprint density at radius 3 is 2.56 bits per heavy atom. The van der Waals surface area contributed by atoms with Crippen LogP contribution in [-0.4, -0.2) is 21.2 Å². The molecule has 0 aromatic carbocycles. The van der Waals surface area contributed by atoms with Gasteiger partial charge in [0.05, 0.1) is 0 Å². The summed E-state index contributed by atoms with van der Waals surface area (Å²) in [5.74, 6) is -0.326. The van der Waals surface area contributed by atoms with Crippen molar-refractivity contribution in [3.63, 3.8) is 0 Å². The fourth-order valence-corrected chi connectivity index (χ4v) is 2.24. The van der Waals surface area contributed by atoms with Crippen LogP contribution in [0.2, 0.25) is 0 Å². The molecule has 5 nitrogen and oxygen atoms in total. The number of aromatic carboxylic acids is 1. The van der Waals surface area contributed by atoms with Gasteiger partial charge in [-0.3, -0.25) is 0 Å². The van der Waals surface area contributed by atoms with Crippen molar-refractivity contribution in [2.24, 2.45) is 5.92 Å². The molecule has 0 atom stereocenters. The molecule has 88 valence electrons. The van der Waals surface area contributed by atoms with Crippen molar-refractivity contribution in [2.45, 2.75) is 44.9 Å². The molecule has 1 fully saturated rings. The molecule has 1 aliphatic carbocycles. The molecule has 0 unspecified atom stereocenters. The zero-order valence-corrected chi connectivity index (χ0v) is 9.19. The molecule has 0 bridgehead atoms. The summed E-state index contributed by atoms with van der Waals surface area (Å²) in [6.45, 7) is 0. The van der Waals surface area contributed by atoms with Crippen molar-refractivity contribution < 1.29 is 14.4 Å². The van der Waals surface area contributed by atoms with Crippen molar-refractivity contribution in [3.05, 3.63) is 11.7 Å². The van der Waals surface area contributed by atoms with Gasteiger partial charge in [-0.05, 0) is 23.9 Å². The molecule has 0 spiro atoms. The molecule has 0 radical (unpaired) electrons. The van der Waals surface area contributed by atoms with Gasteiger partial charge in [-0.15, -0.1) is 0 Å². The molecule has 1 saturated carbocycles. The summed E-state index contributed by atoms with van der Waals surface area (Å²) in [6.07, 6.45) is 8.21. The Hall–Kier alpha value is -1.39. The molecule has 5 heteroatoms. The van der Waals surface area contributed by atoms with Gasteiger partial charge >= 0.3 is 5.97 Å². The van der Waals surface area contributed by atoms with Gasteiger partial charge < -0.3 is 9.63 Å². The zero-order chi connectivity index (χ0) is 11.4. The zero-order valence-electron chi connectivity index (χ0n) is 9.19. The van der Waals surface area contributed by atoms with Crippen molar-refractivity contribution in [1.29, 1.82) is 0 Å². The number of carbonyl (C=O) groups is 1. The topological polar surface area (TPSA) is 76.2 Å². The quantitative estimate of drug-likeness (QED) is 0.797. The highest BCUT2D eigenvalue weighted by Crippen LogP contribution is 2.25. The number of carboxylic acid groups (broad SMARTS) is 1. The highest BCUT2D eigenvalue weighted by Gasteiger charge is 2.18. The first-order valence-corrected chi connectivity index (χ1v) is 5.81. The lowest BCUT2D eigenvalue weighted by Gasteiger charge is -2.09. The maximum Gasteiger partial charge on any atom is 0.377 e. The minimum absolute atomic E-state index is 0.233. The van der Waals surface area contributed by atoms with Crippen molar-refractivity contribution in [1.82, 2.24) is 10.1 Å². The molecule has 1 N–H and O–H groups in total. The first-order valence-electron chi connectivity index (χ1n) is 5.81. The number of aromatic nitrogens is 2. The molecule has 1 aromatic rings. The van der Waals surface area contributed by atoms with Crippen molar-refractivity contribution in [3.8, 4) is 0 Å². The molecular weight excluding hydrogens is 208 g/mol. The number of nitrogens with zero attached hydrogens (tertiary/aromatic N) is 2. The Labute approximate surface area is 93.9 Å². The second-order valence-corrected chi connectivity index (χ2v) is 4.38. The molecule has 1 aliphatic rings. The molecule has 16 heavy (non-hydrogen) atoms. The molecule has 1 aromatic heterocycles. The third-order valence-electron chi connectivity index (χ3n) is 3.10. The van der Waals surface area contributed by atoms with Crippen LogP contribution in [0.3, 0.4) is 0 Å². The average Bonchev–Trinajstić information content (AvgIpc) is 2.56. The maximum absolute atomic E-state index is 10.6. The Bertz CT molecular complexity index is 354. The summed E-state index contributed by atoms with van der Waals surface area (Å²) in [4.78, 5) is 14.4. The minimum Gasteiger partial charge on any atom is -0.475 e. The van der Waals surface area contributed by atoms with Gasteiger partial charge in [0.1, 0.15) is 0 Å². The van der Waals surface area contributed by atoms with E-state index in [0.29, 0.717) is 11.8 Å². The van der Waals surface area contributed by atoms with Crippen LogP contribution in [0.5, 0.6) is 0 Å². The summed E-state index contributed by atoms with van der Waals surface area (Å²) >= 11 is 0. The SMILES string of the molecule is O=C(O)c1noc(CC2CCCCCC2)n1. The fourth-order valence-electron chi connectivity index (χ4n) is 2.24. The Balaban J connectivity index is 1.94. The normalized spacial score (nSPS) is 18.2. The van der Waals surface area contributed by atoms with Gasteiger partial charge in [-0.2, -0.15) is 4.98 Å². The van der Waals surface area contributed by atoms with E-state index in [9.17, 15) is 4.79 Å². The summed E-state index contributed by atoms with van der Waals surface area (Å²) in [6, 6.07) is 0. The van der Waals surface area contributed by atoms with Gasteiger partial charge in [-0.25, -0.2) is 4.79 Å². The summed E-state index contributed by atoms with van der Waals surface area (Å²) < 4.78 is 4.93. The largest absolute Gasteiger partial charge is 0.475 e. The lowest BCUT2D eigenvalue weighted by atomic mass is 9.97. The smallest absolute Gasteiger partial charge is 0.377 e. The van der Waals surface area contributed by atoms with E-state index in [-0.39, 0.29) is 5.82 Å². The van der Waals surface area contributed by atoms with Crippen LogP contribution in [0.1, 0.15) is 55.0 Å². The van der Waals surface area contributed by atoms with E-state index in [4.69, 9.17) is 9.63 Å². The third kappa shape index (κ3) is 2.81. The monoisotopic (exact) mass is 224 g/mol. The van der Waals surface area contributed by atoms with Gasteiger partial charge in [-0.1, -0.05) is 25.7 Å². The van der Waals surface area contributed by atoms with E-state index >= 15 is 0 Å². The van der Waals surface area contributed by atoms with Crippen LogP contribution in [0.15, 0.2) is 4.52 Å². The molecule has 2 rings (SSSR count). The standard InChI is InChI=1S/C11H16N2O3/c14-11(15)10-12-9(16-13-10)7-8-5-3-1-2-4-6-8/h8H,1-7H2,(H,14,15). The van der Waals surface area contributed by atoms with E-state index < -0.39 is 5.97 Å². The first kappa shape index (κ1) is 11.1. The molecule has 0 aliphatic heterocycles. The Kier molecular flexibility index (Phi) is 3.54. The molecule has 1 heterocycles. The van der Waals surface area contributed by atoms with Crippen molar-refractivity contribution >= 4 is 5.97 Å². The van der Waals surface area contributed by atoms with E-state index in [2.05, 4.69) is 10.1 Å². The molecule has 0 saturated heterocycles. The number of rotatable bonds is 3.